The summed E-state index contributed by atoms with van der Waals surface area (Å²) in [6.45, 7) is 70.5. The van der Waals surface area contributed by atoms with Crippen LogP contribution in [0, 0.1) is 6.92 Å². The number of benzene rings is 3. The van der Waals surface area contributed by atoms with Gasteiger partial charge in [-0.3, -0.25) is 0 Å². The summed E-state index contributed by atoms with van der Waals surface area (Å²) in [6.07, 6.45) is 69.6. The highest BCUT2D eigenvalue weighted by atomic mass is 14.2. The summed E-state index contributed by atoms with van der Waals surface area (Å²) in [5.74, 6) is 0. The van der Waals surface area contributed by atoms with E-state index < -0.39 is 0 Å². The molecule has 0 amide bonds. The van der Waals surface area contributed by atoms with E-state index in [1.807, 2.05) is 228 Å². The van der Waals surface area contributed by atoms with E-state index >= 15 is 0 Å². The van der Waals surface area contributed by atoms with Crippen LogP contribution in [0.25, 0.3) is 17.2 Å². The predicted molar refractivity (Wildman–Crippen MR) is 459 cm³/mol. The van der Waals surface area contributed by atoms with Gasteiger partial charge in [0.1, 0.15) is 0 Å². The van der Waals surface area contributed by atoms with Crippen molar-refractivity contribution in [2.75, 3.05) is 0 Å². The van der Waals surface area contributed by atoms with E-state index in [-0.39, 0.29) is 0 Å². The van der Waals surface area contributed by atoms with Crippen molar-refractivity contribution in [3.8, 4) is 11.1 Å². The minimum atomic E-state index is 1.14. The second-order valence-electron chi connectivity index (χ2n) is 15.5. The van der Waals surface area contributed by atoms with Gasteiger partial charge in [0.2, 0.25) is 0 Å². The highest BCUT2D eigenvalue weighted by Gasteiger charge is 2.13. The Kier molecular flexibility index (Phi) is 160. The first-order valence-electron chi connectivity index (χ1n) is 38.4. The van der Waals surface area contributed by atoms with Crippen molar-refractivity contribution >= 4 is 6.08 Å². The molecule has 0 spiro atoms. The van der Waals surface area contributed by atoms with Crippen LogP contribution in [0.1, 0.15) is 303 Å². The lowest BCUT2D eigenvalue weighted by molar-refractivity contribution is 1.20. The summed E-state index contributed by atoms with van der Waals surface area (Å²) >= 11 is 0. The van der Waals surface area contributed by atoms with Crippen LogP contribution in [0.3, 0.4) is 0 Å². The number of fused-ring (bicyclic) bond motifs is 1. The smallest absolute Gasteiger partial charge is 0.00606 e. The van der Waals surface area contributed by atoms with Gasteiger partial charge in [-0.1, -0.05) is 487 Å². The molecule has 0 heterocycles. The van der Waals surface area contributed by atoms with E-state index in [9.17, 15) is 0 Å². The monoisotopic (exact) mass is 1290 g/mol. The molecule has 0 atom stereocenters. The third kappa shape index (κ3) is 89.7. The average molecular weight is 1290 g/mol. The molecule has 0 heteroatoms. The van der Waals surface area contributed by atoms with Gasteiger partial charge in [0.15, 0.2) is 0 Å². The molecule has 540 valence electrons. The molecule has 0 aromatic heterocycles. The Labute approximate surface area is 595 Å². The van der Waals surface area contributed by atoms with Crippen LogP contribution in [0.5, 0.6) is 0 Å². The highest BCUT2D eigenvalue weighted by Crippen LogP contribution is 2.32. The highest BCUT2D eigenvalue weighted by molar-refractivity contribution is 5.64. The molecule has 9 aliphatic rings. The fraction of sp³-hybridized carbons (Fsp3) is 0.468. The molecule has 3 aromatic carbocycles. The van der Waals surface area contributed by atoms with Crippen molar-refractivity contribution in [3.05, 3.63) is 282 Å². The number of hydrogen-bond acceptors (Lipinski definition) is 0. The topological polar surface area (TPSA) is 0 Å². The van der Waals surface area contributed by atoms with Crippen molar-refractivity contribution in [1.29, 1.82) is 0 Å². The number of rotatable bonds is 1. The fourth-order valence-electron chi connectivity index (χ4n) is 6.73. The van der Waals surface area contributed by atoms with E-state index in [2.05, 4.69) is 264 Å². The second kappa shape index (κ2) is 127. The lowest BCUT2D eigenvalue weighted by Gasteiger charge is -2.00. The van der Waals surface area contributed by atoms with E-state index in [0.717, 1.165) is 44.9 Å². The van der Waals surface area contributed by atoms with Crippen molar-refractivity contribution in [2.45, 2.75) is 300 Å². The van der Waals surface area contributed by atoms with Crippen molar-refractivity contribution in [2.24, 2.45) is 0 Å². The summed E-state index contributed by atoms with van der Waals surface area (Å²) in [5.41, 5.74) is 12.8. The number of allylic oxidation sites excluding steroid dienone is 31. The van der Waals surface area contributed by atoms with Crippen LogP contribution in [0.4, 0.5) is 0 Å². The molecule has 0 fully saturated rings. The van der Waals surface area contributed by atoms with Crippen LogP contribution in [0.15, 0.2) is 265 Å². The Hall–Kier alpha value is -6.50. The second-order valence-corrected chi connectivity index (χ2v) is 15.5. The van der Waals surface area contributed by atoms with Crippen LogP contribution < -0.4 is 0 Å². The quantitative estimate of drug-likeness (QED) is 0.228. The third-order valence-corrected chi connectivity index (χ3v) is 9.98. The van der Waals surface area contributed by atoms with Crippen LogP contribution >= 0.6 is 0 Å². The Balaban J connectivity index is -0.0000000687. The Morgan fingerprint density at radius 2 is 0.479 bits per heavy atom. The summed E-state index contributed by atoms with van der Waals surface area (Å²) in [7, 11) is 0. The van der Waals surface area contributed by atoms with Crippen molar-refractivity contribution in [1.82, 2.24) is 0 Å². The van der Waals surface area contributed by atoms with Gasteiger partial charge in [-0.05, 0) is 112 Å². The first-order valence-corrected chi connectivity index (χ1v) is 38.4. The molecule has 3 aromatic rings. The van der Waals surface area contributed by atoms with Crippen LogP contribution in [0.2, 0.25) is 0 Å². The summed E-state index contributed by atoms with van der Waals surface area (Å²) in [5, 5.41) is 0. The summed E-state index contributed by atoms with van der Waals surface area (Å²) in [4.78, 5) is 0. The first-order chi connectivity index (χ1) is 46.6. The molecule has 0 radical (unpaired) electrons. The molecule has 0 aliphatic heterocycles. The lowest BCUT2D eigenvalue weighted by Crippen LogP contribution is -1.79. The van der Waals surface area contributed by atoms with Gasteiger partial charge in [0.05, 0.1) is 0 Å². The summed E-state index contributed by atoms with van der Waals surface area (Å²) in [6, 6.07) is 27.6. The Morgan fingerprint density at radius 1 is 0.223 bits per heavy atom. The van der Waals surface area contributed by atoms with Crippen LogP contribution in [-0.2, 0) is 6.42 Å². The zero-order valence-electron chi connectivity index (χ0n) is 69.5. The molecule has 0 N–H and O–H groups in total. The van der Waals surface area contributed by atoms with E-state index in [0.29, 0.717) is 0 Å². The molecule has 0 bridgehead atoms. The molecular formula is C94H164. The van der Waals surface area contributed by atoms with Crippen molar-refractivity contribution < 1.29 is 0 Å². The molecule has 94 heavy (non-hydrogen) atoms. The lowest BCUT2D eigenvalue weighted by atomic mass is 10.0. The van der Waals surface area contributed by atoms with Crippen LogP contribution in [-0.4, -0.2) is 0 Å². The van der Waals surface area contributed by atoms with E-state index in [4.69, 9.17) is 0 Å². The SMILES string of the molecule is C1=CCC=C1.C1=CCC=C1.C1=CCC=C1.C1=CCC=C1.C1=CCC=C1.C1=CCC=C1.CC.CC.CC.CC.CC.CC.CC.CC.CC.CC.CC.CC.CC.CC.CC.CC.CC1=CC2=C(C=CC2)C1.CC1=Cc2ccccc2C1.Cc1ccc(-c2ccccc2)cc1. The number of aryl methyl sites for hydroxylation is 1. The van der Waals surface area contributed by atoms with Gasteiger partial charge in [0, 0.05) is 0 Å². The fourth-order valence-corrected chi connectivity index (χ4v) is 6.73. The van der Waals surface area contributed by atoms with Gasteiger partial charge in [-0.25, -0.2) is 0 Å². The molecule has 0 nitrogen and oxygen atoms in total. The minimum absolute atomic E-state index is 1.14. The molecular weight excluding hydrogens is 1130 g/mol. The van der Waals surface area contributed by atoms with E-state index in [1.54, 1.807) is 11.1 Å². The maximum atomic E-state index is 2.31. The Bertz CT molecular complexity index is 2020. The molecule has 12 rings (SSSR count). The zero-order chi connectivity index (χ0) is 75.6. The average Bonchev–Trinajstić information content (AvgIpc) is 1.72. The zero-order valence-corrected chi connectivity index (χ0v) is 69.5. The van der Waals surface area contributed by atoms with Gasteiger partial charge in [0.25, 0.3) is 0 Å². The van der Waals surface area contributed by atoms with Gasteiger partial charge in [-0.2, -0.15) is 0 Å². The largest absolute Gasteiger partial charge is 0.0808 e. The first kappa shape index (κ1) is 118. The van der Waals surface area contributed by atoms with Gasteiger partial charge < -0.3 is 0 Å². The molecule has 0 saturated carbocycles. The molecule has 0 saturated heterocycles. The Morgan fingerprint density at radius 3 is 0.734 bits per heavy atom. The maximum absolute atomic E-state index is 2.31. The predicted octanol–water partition coefficient (Wildman–Crippen LogP) is 34.3. The van der Waals surface area contributed by atoms with E-state index in [1.165, 1.54) is 51.8 Å². The summed E-state index contributed by atoms with van der Waals surface area (Å²) < 4.78 is 0. The standard InChI is InChI=1S/C13H12.C10H10.C9H10.6C5H6.16C2H6/c1-11-7-9-13(10-8-11)12-5-3-2-4-6-12;1-8-6-9-4-2-3-5-10(9)7-8;1-7-5-8-3-2-4-9(8)6-7;6*1-2-4-5-3-1;16*1-2/h2-10H,1H3;2-6H,7H2,1H3;2-3,6H,4-5H2,1H3;6*1-4H,5H2;16*1-2H3. The van der Waals surface area contributed by atoms with Gasteiger partial charge in [-0.15, -0.1) is 0 Å². The molecule has 0 unspecified atom stereocenters. The molecule has 9 aliphatic carbocycles. The van der Waals surface area contributed by atoms with Gasteiger partial charge >= 0.3 is 0 Å². The normalized spacial score (nSPS) is 11.8. The minimum Gasteiger partial charge on any atom is -0.0808 e. The van der Waals surface area contributed by atoms with Crippen molar-refractivity contribution in [3.63, 3.8) is 0 Å². The number of hydrogen-bond donors (Lipinski definition) is 0. The third-order valence-electron chi connectivity index (χ3n) is 9.98. The maximum Gasteiger partial charge on any atom is -0.00606 e.